The molecule has 1 aliphatic rings. The standard InChI is InChI=1S/C17H17N5O/c18-9-13-1-3-16(4-2-13)23-12-14-11-21-22(17(14)10-19)15-5-7-20-8-6-15/h1-4,11,15,20H,5-8,12H2. The molecule has 6 heteroatoms. The van der Waals surface area contributed by atoms with Gasteiger partial charge in [-0.25, -0.2) is 0 Å². The first-order valence-corrected chi connectivity index (χ1v) is 7.62. The molecule has 0 bridgehead atoms. The predicted octanol–water partition coefficient (Wildman–Crippen LogP) is 2.13. The lowest BCUT2D eigenvalue weighted by molar-refractivity contribution is 0.304. The number of nitrogens with one attached hydrogen (secondary N) is 1. The zero-order valence-corrected chi connectivity index (χ0v) is 12.7. The van der Waals surface area contributed by atoms with E-state index in [1.807, 2.05) is 4.68 Å². The highest BCUT2D eigenvalue weighted by Crippen LogP contribution is 2.22. The van der Waals surface area contributed by atoms with E-state index in [9.17, 15) is 5.26 Å². The van der Waals surface area contributed by atoms with Gasteiger partial charge in [-0.3, -0.25) is 4.68 Å². The van der Waals surface area contributed by atoms with Crippen LogP contribution < -0.4 is 10.1 Å². The van der Waals surface area contributed by atoms with Gasteiger partial charge < -0.3 is 10.1 Å². The van der Waals surface area contributed by atoms with Gasteiger partial charge in [-0.1, -0.05) is 0 Å². The van der Waals surface area contributed by atoms with Gasteiger partial charge in [0, 0.05) is 5.56 Å². The molecule has 1 aliphatic heterocycles. The first-order chi connectivity index (χ1) is 11.3. The summed E-state index contributed by atoms with van der Waals surface area (Å²) in [4.78, 5) is 0. The minimum Gasteiger partial charge on any atom is -0.489 e. The molecule has 1 fully saturated rings. The second kappa shape index (κ2) is 6.95. The Bertz CT molecular complexity index is 745. The Morgan fingerprint density at radius 3 is 2.57 bits per heavy atom. The lowest BCUT2D eigenvalue weighted by Crippen LogP contribution is -2.30. The van der Waals surface area contributed by atoms with E-state index in [1.54, 1.807) is 30.5 Å². The number of nitriles is 2. The number of hydrogen-bond acceptors (Lipinski definition) is 5. The molecule has 1 aromatic heterocycles. The summed E-state index contributed by atoms with van der Waals surface area (Å²) in [6.45, 7) is 2.19. The predicted molar refractivity (Wildman–Crippen MR) is 83.6 cm³/mol. The van der Waals surface area contributed by atoms with E-state index in [1.165, 1.54) is 0 Å². The topological polar surface area (TPSA) is 86.7 Å². The highest BCUT2D eigenvalue weighted by atomic mass is 16.5. The molecule has 3 rings (SSSR count). The second-order valence-electron chi connectivity index (χ2n) is 5.48. The largest absolute Gasteiger partial charge is 0.489 e. The zero-order chi connectivity index (χ0) is 16.1. The first-order valence-electron chi connectivity index (χ1n) is 7.62. The SMILES string of the molecule is N#Cc1ccc(OCc2cnn(C3CCNCC3)c2C#N)cc1. The smallest absolute Gasteiger partial charge is 0.145 e. The summed E-state index contributed by atoms with van der Waals surface area (Å²) >= 11 is 0. The van der Waals surface area contributed by atoms with E-state index >= 15 is 0 Å². The fraction of sp³-hybridized carbons (Fsp3) is 0.353. The molecule has 0 radical (unpaired) electrons. The van der Waals surface area contributed by atoms with Crippen LogP contribution in [0, 0.1) is 22.7 Å². The zero-order valence-electron chi connectivity index (χ0n) is 12.7. The van der Waals surface area contributed by atoms with Crippen LogP contribution in [0.25, 0.3) is 0 Å². The van der Waals surface area contributed by atoms with Crippen LogP contribution in [0.1, 0.15) is 35.7 Å². The van der Waals surface area contributed by atoms with Gasteiger partial charge in [0.05, 0.1) is 23.9 Å². The van der Waals surface area contributed by atoms with Crippen molar-refractivity contribution in [3.8, 4) is 17.9 Å². The monoisotopic (exact) mass is 307 g/mol. The van der Waals surface area contributed by atoms with Gasteiger partial charge >= 0.3 is 0 Å². The van der Waals surface area contributed by atoms with Gasteiger partial charge in [-0.15, -0.1) is 0 Å². The van der Waals surface area contributed by atoms with Crippen molar-refractivity contribution in [1.29, 1.82) is 10.5 Å². The Hall–Kier alpha value is -2.83. The third-order valence-electron chi connectivity index (χ3n) is 4.01. The van der Waals surface area contributed by atoms with Crippen LogP contribution in [0.3, 0.4) is 0 Å². The van der Waals surface area contributed by atoms with Crippen molar-refractivity contribution >= 4 is 0 Å². The number of piperidine rings is 1. The maximum atomic E-state index is 9.47. The summed E-state index contributed by atoms with van der Waals surface area (Å²) in [6.07, 6.45) is 3.67. The van der Waals surface area contributed by atoms with E-state index in [0.717, 1.165) is 31.5 Å². The average molecular weight is 307 g/mol. The maximum absolute atomic E-state index is 9.47. The Labute approximate surface area is 134 Å². The minimum absolute atomic E-state index is 0.273. The Morgan fingerprint density at radius 1 is 1.17 bits per heavy atom. The van der Waals surface area contributed by atoms with E-state index in [2.05, 4.69) is 22.6 Å². The van der Waals surface area contributed by atoms with Crippen LogP contribution in [0.15, 0.2) is 30.5 Å². The molecule has 6 nitrogen and oxygen atoms in total. The number of benzene rings is 1. The van der Waals surface area contributed by atoms with Crippen molar-refractivity contribution < 1.29 is 4.74 Å². The van der Waals surface area contributed by atoms with Crippen LogP contribution in [0.2, 0.25) is 0 Å². The Kier molecular flexibility index (Phi) is 4.56. The van der Waals surface area contributed by atoms with Gasteiger partial charge in [-0.05, 0) is 50.2 Å². The van der Waals surface area contributed by atoms with E-state index in [0.29, 0.717) is 23.6 Å². The summed E-state index contributed by atoms with van der Waals surface area (Å²) in [5, 5.41) is 26.0. The van der Waals surface area contributed by atoms with E-state index in [4.69, 9.17) is 10.00 Å². The molecule has 23 heavy (non-hydrogen) atoms. The van der Waals surface area contributed by atoms with Gasteiger partial charge in [-0.2, -0.15) is 15.6 Å². The fourth-order valence-corrected chi connectivity index (χ4v) is 2.74. The van der Waals surface area contributed by atoms with Crippen LogP contribution in [-0.2, 0) is 6.61 Å². The molecule has 0 spiro atoms. The third-order valence-corrected chi connectivity index (χ3v) is 4.01. The lowest BCUT2D eigenvalue weighted by atomic mass is 10.1. The molecule has 0 unspecified atom stereocenters. The number of ether oxygens (including phenoxy) is 1. The van der Waals surface area contributed by atoms with Crippen molar-refractivity contribution in [2.24, 2.45) is 0 Å². The summed E-state index contributed by atoms with van der Waals surface area (Å²) in [5.41, 5.74) is 1.95. The third kappa shape index (κ3) is 3.33. The fourth-order valence-electron chi connectivity index (χ4n) is 2.74. The number of nitrogens with zero attached hydrogens (tertiary/aromatic N) is 4. The Balaban J connectivity index is 1.71. The molecule has 0 atom stereocenters. The molecule has 0 amide bonds. The second-order valence-corrected chi connectivity index (χ2v) is 5.48. The van der Waals surface area contributed by atoms with Crippen molar-refractivity contribution in [2.45, 2.75) is 25.5 Å². The van der Waals surface area contributed by atoms with Crippen molar-refractivity contribution in [3.05, 3.63) is 47.3 Å². The lowest BCUT2D eigenvalue weighted by Gasteiger charge is -2.23. The summed E-state index contributed by atoms with van der Waals surface area (Å²) in [6, 6.07) is 11.5. The number of aromatic nitrogens is 2. The summed E-state index contributed by atoms with van der Waals surface area (Å²) < 4.78 is 7.54. The Morgan fingerprint density at radius 2 is 1.91 bits per heavy atom. The molecule has 0 saturated carbocycles. The highest BCUT2D eigenvalue weighted by Gasteiger charge is 2.20. The van der Waals surface area contributed by atoms with Gasteiger partial charge in [0.1, 0.15) is 24.1 Å². The number of rotatable bonds is 4. The molecule has 2 heterocycles. The first kappa shape index (κ1) is 15.1. The molecular weight excluding hydrogens is 290 g/mol. The molecule has 1 aromatic carbocycles. The molecule has 1 saturated heterocycles. The van der Waals surface area contributed by atoms with Gasteiger partial charge in [0.25, 0.3) is 0 Å². The van der Waals surface area contributed by atoms with Crippen molar-refractivity contribution in [3.63, 3.8) is 0 Å². The molecule has 1 N–H and O–H groups in total. The molecule has 116 valence electrons. The normalized spacial score (nSPS) is 14.9. The minimum atomic E-state index is 0.273. The van der Waals surface area contributed by atoms with Crippen LogP contribution >= 0.6 is 0 Å². The maximum Gasteiger partial charge on any atom is 0.145 e. The number of hydrogen-bond donors (Lipinski definition) is 1. The quantitative estimate of drug-likeness (QED) is 0.935. The highest BCUT2D eigenvalue weighted by molar-refractivity contribution is 5.35. The van der Waals surface area contributed by atoms with Crippen LogP contribution in [0.4, 0.5) is 0 Å². The summed E-state index contributed by atoms with van der Waals surface area (Å²) in [7, 11) is 0. The van der Waals surface area contributed by atoms with Crippen LogP contribution in [-0.4, -0.2) is 22.9 Å². The molecular formula is C17H17N5O. The van der Waals surface area contributed by atoms with E-state index in [-0.39, 0.29) is 6.04 Å². The van der Waals surface area contributed by atoms with Gasteiger partial charge in [0.2, 0.25) is 0 Å². The van der Waals surface area contributed by atoms with Crippen molar-refractivity contribution in [1.82, 2.24) is 15.1 Å². The summed E-state index contributed by atoms with van der Waals surface area (Å²) in [5.74, 6) is 0.669. The average Bonchev–Trinajstić information content (AvgIpc) is 3.04. The van der Waals surface area contributed by atoms with Crippen LogP contribution in [0.5, 0.6) is 5.75 Å². The molecule has 2 aromatic rings. The van der Waals surface area contributed by atoms with E-state index < -0.39 is 0 Å². The molecule has 0 aliphatic carbocycles. The van der Waals surface area contributed by atoms with Gasteiger partial charge in [0.15, 0.2) is 0 Å². The van der Waals surface area contributed by atoms with Crippen molar-refractivity contribution in [2.75, 3.05) is 13.1 Å².